The molecule has 0 amide bonds. The summed E-state index contributed by atoms with van der Waals surface area (Å²) < 4.78 is 0. The molecule has 1 atom stereocenters. The minimum absolute atomic E-state index is 0.207. The lowest BCUT2D eigenvalue weighted by atomic mass is 9.97. The van der Waals surface area contributed by atoms with Crippen LogP contribution >= 0.6 is 11.8 Å². The number of Topliss-reactive ketones (excluding diaryl/α,β-unsaturated/α-hetero) is 1. The third kappa shape index (κ3) is 2.16. The van der Waals surface area contributed by atoms with Crippen LogP contribution in [-0.2, 0) is 0 Å². The van der Waals surface area contributed by atoms with E-state index in [1.54, 1.807) is 0 Å². The molecule has 1 aliphatic heterocycles. The SMILES string of the molecule is O=C1CC(c2cccc3ccccc23)Sc2ccccc21. The second-order valence-corrected chi connectivity index (χ2v) is 6.54. The van der Waals surface area contributed by atoms with E-state index in [0.717, 1.165) is 10.5 Å². The van der Waals surface area contributed by atoms with Crippen molar-refractivity contribution in [3.63, 3.8) is 0 Å². The van der Waals surface area contributed by atoms with Gasteiger partial charge in [0.2, 0.25) is 0 Å². The molecule has 0 N–H and O–H groups in total. The zero-order valence-corrected chi connectivity index (χ0v) is 12.3. The smallest absolute Gasteiger partial charge is 0.165 e. The van der Waals surface area contributed by atoms with Crippen LogP contribution < -0.4 is 0 Å². The lowest BCUT2D eigenvalue weighted by molar-refractivity contribution is 0.0976. The van der Waals surface area contributed by atoms with Crippen molar-refractivity contribution in [1.82, 2.24) is 0 Å². The summed E-state index contributed by atoms with van der Waals surface area (Å²) in [5.41, 5.74) is 2.14. The van der Waals surface area contributed by atoms with Crippen molar-refractivity contribution in [2.45, 2.75) is 16.6 Å². The second kappa shape index (κ2) is 5.05. The number of thioether (sulfide) groups is 1. The van der Waals surface area contributed by atoms with E-state index in [1.165, 1.54) is 16.3 Å². The Labute approximate surface area is 128 Å². The third-order valence-corrected chi connectivity index (χ3v) is 5.31. The van der Waals surface area contributed by atoms with Crippen LogP contribution in [0.25, 0.3) is 10.8 Å². The van der Waals surface area contributed by atoms with Crippen LogP contribution in [-0.4, -0.2) is 5.78 Å². The van der Waals surface area contributed by atoms with E-state index in [1.807, 2.05) is 30.0 Å². The number of carbonyl (C=O) groups is 1. The molecule has 1 nitrogen and oxygen atoms in total. The molecule has 0 saturated carbocycles. The zero-order valence-electron chi connectivity index (χ0n) is 11.5. The molecular weight excluding hydrogens is 276 g/mol. The Morgan fingerprint density at radius 3 is 2.57 bits per heavy atom. The van der Waals surface area contributed by atoms with Gasteiger partial charge in [-0.05, 0) is 22.4 Å². The molecule has 0 aromatic heterocycles. The van der Waals surface area contributed by atoms with Gasteiger partial charge in [0.1, 0.15) is 0 Å². The van der Waals surface area contributed by atoms with E-state index in [9.17, 15) is 4.79 Å². The summed E-state index contributed by atoms with van der Waals surface area (Å²) >= 11 is 1.81. The molecule has 0 radical (unpaired) electrons. The summed E-state index contributed by atoms with van der Waals surface area (Å²) in [6, 6.07) is 22.7. The first-order valence-electron chi connectivity index (χ1n) is 7.09. The van der Waals surface area contributed by atoms with Gasteiger partial charge in [0.05, 0.1) is 0 Å². The van der Waals surface area contributed by atoms with Gasteiger partial charge in [-0.2, -0.15) is 0 Å². The van der Waals surface area contributed by atoms with Crippen LogP contribution in [0.5, 0.6) is 0 Å². The number of fused-ring (bicyclic) bond motifs is 2. The van der Waals surface area contributed by atoms with Crippen molar-refractivity contribution in [3.8, 4) is 0 Å². The molecule has 102 valence electrons. The fourth-order valence-electron chi connectivity index (χ4n) is 2.98. The lowest BCUT2D eigenvalue weighted by Crippen LogP contribution is -2.12. The summed E-state index contributed by atoms with van der Waals surface area (Å²) in [4.78, 5) is 13.5. The van der Waals surface area contributed by atoms with Crippen molar-refractivity contribution < 1.29 is 4.79 Å². The Morgan fingerprint density at radius 1 is 0.857 bits per heavy atom. The van der Waals surface area contributed by atoms with Crippen molar-refractivity contribution in [2.75, 3.05) is 0 Å². The van der Waals surface area contributed by atoms with E-state index in [4.69, 9.17) is 0 Å². The molecule has 0 bridgehead atoms. The molecule has 2 heteroatoms. The minimum Gasteiger partial charge on any atom is -0.294 e. The standard InChI is InChI=1S/C19H14OS/c20-17-12-19(21-18-11-4-3-9-16(17)18)15-10-5-7-13-6-1-2-8-14(13)15/h1-11,19H,12H2. The van der Waals surface area contributed by atoms with Gasteiger partial charge in [-0.3, -0.25) is 4.79 Å². The third-order valence-electron chi connectivity index (χ3n) is 4.00. The van der Waals surface area contributed by atoms with Crippen LogP contribution in [0.3, 0.4) is 0 Å². The molecule has 0 spiro atoms. The molecule has 0 fully saturated rings. The first-order valence-corrected chi connectivity index (χ1v) is 7.97. The molecule has 4 rings (SSSR count). The summed E-state index contributed by atoms with van der Waals surface area (Å²) in [7, 11) is 0. The molecule has 0 saturated heterocycles. The average Bonchev–Trinajstić information content (AvgIpc) is 2.54. The predicted octanol–water partition coefficient (Wildman–Crippen LogP) is 5.26. The summed E-state index contributed by atoms with van der Waals surface area (Å²) in [6.07, 6.45) is 0.579. The summed E-state index contributed by atoms with van der Waals surface area (Å²) in [5.74, 6) is 0.252. The highest BCUT2D eigenvalue weighted by Gasteiger charge is 2.27. The highest BCUT2D eigenvalue weighted by atomic mass is 32.2. The first kappa shape index (κ1) is 12.7. The Kier molecular flexibility index (Phi) is 3.04. The maximum atomic E-state index is 12.4. The number of ketones is 1. The largest absolute Gasteiger partial charge is 0.294 e. The van der Waals surface area contributed by atoms with Crippen LogP contribution in [0.1, 0.15) is 27.6 Å². The lowest BCUT2D eigenvalue weighted by Gasteiger charge is -2.24. The molecular formula is C19H14OS. The van der Waals surface area contributed by atoms with Gasteiger partial charge < -0.3 is 0 Å². The van der Waals surface area contributed by atoms with Gasteiger partial charge in [0, 0.05) is 22.1 Å². The molecule has 0 aliphatic carbocycles. The number of rotatable bonds is 1. The fraction of sp³-hybridized carbons (Fsp3) is 0.105. The van der Waals surface area contributed by atoms with Gasteiger partial charge in [-0.1, -0.05) is 60.7 Å². The predicted molar refractivity (Wildman–Crippen MR) is 87.9 cm³/mol. The van der Waals surface area contributed by atoms with E-state index >= 15 is 0 Å². The Balaban J connectivity index is 1.83. The Bertz CT molecular complexity index is 832. The summed E-state index contributed by atoms with van der Waals surface area (Å²) in [6.45, 7) is 0. The van der Waals surface area contributed by atoms with E-state index in [2.05, 4.69) is 48.5 Å². The van der Waals surface area contributed by atoms with Gasteiger partial charge >= 0.3 is 0 Å². The fourth-order valence-corrected chi connectivity index (χ4v) is 4.32. The molecule has 21 heavy (non-hydrogen) atoms. The maximum absolute atomic E-state index is 12.4. The number of hydrogen-bond acceptors (Lipinski definition) is 2. The van der Waals surface area contributed by atoms with E-state index in [0.29, 0.717) is 6.42 Å². The Morgan fingerprint density at radius 2 is 1.62 bits per heavy atom. The first-order chi connectivity index (χ1) is 10.3. The van der Waals surface area contributed by atoms with Crippen molar-refractivity contribution in [2.24, 2.45) is 0 Å². The summed E-state index contributed by atoms with van der Waals surface area (Å²) in [5, 5.41) is 2.70. The molecule has 3 aromatic carbocycles. The van der Waals surface area contributed by atoms with Gasteiger partial charge in [-0.15, -0.1) is 11.8 Å². The highest BCUT2D eigenvalue weighted by molar-refractivity contribution is 7.99. The molecule has 1 unspecified atom stereocenters. The molecule has 1 aliphatic rings. The van der Waals surface area contributed by atoms with Crippen molar-refractivity contribution in [1.29, 1.82) is 0 Å². The number of carbonyl (C=O) groups excluding carboxylic acids is 1. The highest BCUT2D eigenvalue weighted by Crippen LogP contribution is 2.46. The van der Waals surface area contributed by atoms with Crippen LogP contribution in [0.15, 0.2) is 71.6 Å². The van der Waals surface area contributed by atoms with Gasteiger partial charge in [0.25, 0.3) is 0 Å². The van der Waals surface area contributed by atoms with Crippen LogP contribution in [0, 0.1) is 0 Å². The quantitative estimate of drug-likeness (QED) is 0.608. The van der Waals surface area contributed by atoms with E-state index in [-0.39, 0.29) is 11.0 Å². The van der Waals surface area contributed by atoms with Gasteiger partial charge in [-0.25, -0.2) is 0 Å². The van der Waals surface area contributed by atoms with Crippen LogP contribution in [0.2, 0.25) is 0 Å². The van der Waals surface area contributed by atoms with Crippen molar-refractivity contribution in [3.05, 3.63) is 77.9 Å². The zero-order chi connectivity index (χ0) is 14.2. The Hall–Kier alpha value is -2.06. The molecule has 1 heterocycles. The van der Waals surface area contributed by atoms with Crippen LogP contribution in [0.4, 0.5) is 0 Å². The average molecular weight is 290 g/mol. The van der Waals surface area contributed by atoms with E-state index < -0.39 is 0 Å². The topological polar surface area (TPSA) is 17.1 Å². The maximum Gasteiger partial charge on any atom is 0.165 e. The van der Waals surface area contributed by atoms with Crippen molar-refractivity contribution >= 4 is 28.3 Å². The number of hydrogen-bond donors (Lipinski definition) is 0. The normalized spacial score (nSPS) is 17.7. The number of benzene rings is 3. The molecule has 3 aromatic rings. The monoisotopic (exact) mass is 290 g/mol. The second-order valence-electron chi connectivity index (χ2n) is 5.30. The van der Waals surface area contributed by atoms with Gasteiger partial charge in [0.15, 0.2) is 5.78 Å². The minimum atomic E-state index is 0.207.